The van der Waals surface area contributed by atoms with Crippen molar-refractivity contribution >= 4 is 11.0 Å². The Bertz CT molecular complexity index is 1260. The summed E-state index contributed by atoms with van der Waals surface area (Å²) < 4.78 is 52.5. The van der Waals surface area contributed by atoms with Crippen LogP contribution in [0, 0.1) is 5.82 Å². The molecule has 158 valence electrons. The van der Waals surface area contributed by atoms with Crippen molar-refractivity contribution in [1.82, 2.24) is 14.5 Å². The number of benzene rings is 2. The van der Waals surface area contributed by atoms with Crippen molar-refractivity contribution in [2.24, 2.45) is 0 Å². The lowest BCUT2D eigenvalue weighted by atomic mass is 10.0. The van der Waals surface area contributed by atoms with Gasteiger partial charge in [0.25, 0.3) is 0 Å². The quantitative estimate of drug-likeness (QED) is 0.431. The van der Waals surface area contributed by atoms with Crippen molar-refractivity contribution in [2.45, 2.75) is 25.5 Å². The van der Waals surface area contributed by atoms with Crippen molar-refractivity contribution < 1.29 is 22.6 Å². The Balaban J connectivity index is 1.63. The fourth-order valence-corrected chi connectivity index (χ4v) is 4.22. The van der Waals surface area contributed by atoms with E-state index >= 15 is 0 Å². The molecule has 3 heterocycles. The minimum Gasteiger partial charge on any atom is -0.481 e. The third kappa shape index (κ3) is 3.37. The van der Waals surface area contributed by atoms with Gasteiger partial charge >= 0.3 is 6.61 Å². The van der Waals surface area contributed by atoms with Gasteiger partial charge in [0.1, 0.15) is 17.4 Å². The van der Waals surface area contributed by atoms with E-state index in [2.05, 4.69) is 9.97 Å². The molecule has 0 radical (unpaired) electrons. The van der Waals surface area contributed by atoms with E-state index in [9.17, 15) is 13.2 Å². The summed E-state index contributed by atoms with van der Waals surface area (Å²) in [5.74, 6) is 0.954. The van der Waals surface area contributed by atoms with E-state index in [1.165, 1.54) is 19.2 Å². The van der Waals surface area contributed by atoms with Crippen LogP contribution in [-0.4, -0.2) is 28.3 Å². The maximum absolute atomic E-state index is 14.9. The molecule has 0 fully saturated rings. The van der Waals surface area contributed by atoms with E-state index < -0.39 is 12.4 Å². The first-order valence-electron chi connectivity index (χ1n) is 9.79. The first-order valence-corrected chi connectivity index (χ1v) is 9.79. The maximum Gasteiger partial charge on any atom is 0.387 e. The molecule has 0 saturated carbocycles. The molecule has 5 nitrogen and oxygen atoms in total. The van der Waals surface area contributed by atoms with Gasteiger partial charge in [0.15, 0.2) is 0 Å². The summed E-state index contributed by atoms with van der Waals surface area (Å²) in [4.78, 5) is 8.74. The minimum absolute atomic E-state index is 0.138. The molecule has 5 rings (SSSR count). The summed E-state index contributed by atoms with van der Waals surface area (Å²) in [6.07, 6.45) is 2.90. The van der Waals surface area contributed by atoms with Crippen LogP contribution in [0.25, 0.3) is 22.2 Å². The highest BCUT2D eigenvalue weighted by atomic mass is 19.3. The number of aryl methyl sites for hydroxylation is 1. The van der Waals surface area contributed by atoms with E-state index in [-0.39, 0.29) is 11.8 Å². The molecule has 8 heteroatoms. The summed E-state index contributed by atoms with van der Waals surface area (Å²) in [7, 11) is 1.51. The molecule has 2 aromatic carbocycles. The zero-order valence-electron chi connectivity index (χ0n) is 16.6. The monoisotopic (exact) mass is 425 g/mol. The number of imidazole rings is 1. The molecule has 0 aliphatic carbocycles. The number of hydrogen-bond donors (Lipinski definition) is 0. The van der Waals surface area contributed by atoms with Crippen molar-refractivity contribution in [3.05, 3.63) is 71.9 Å². The Labute approximate surface area is 176 Å². The third-order valence-corrected chi connectivity index (χ3v) is 5.55. The van der Waals surface area contributed by atoms with Crippen molar-refractivity contribution in [3.63, 3.8) is 0 Å². The SMILES string of the molecule is COc1ccc(-c2cc3c(cc2F)nc2n3C(c3ccccc3OC(F)F)CC2)cn1. The summed E-state index contributed by atoms with van der Waals surface area (Å²) >= 11 is 0. The Morgan fingerprint density at radius 2 is 1.97 bits per heavy atom. The number of fused-ring (bicyclic) bond motifs is 3. The molecular formula is C23H18F3N3O2. The molecule has 4 aromatic rings. The van der Waals surface area contributed by atoms with Crippen LogP contribution in [0.5, 0.6) is 11.6 Å². The summed E-state index contributed by atoms with van der Waals surface area (Å²) in [6, 6.07) is 13.1. The van der Waals surface area contributed by atoms with Crippen LogP contribution < -0.4 is 9.47 Å². The number of alkyl halides is 2. The highest BCUT2D eigenvalue weighted by molar-refractivity contribution is 5.83. The molecule has 1 aliphatic heterocycles. The van der Waals surface area contributed by atoms with Crippen LogP contribution in [0.1, 0.15) is 23.9 Å². The molecule has 0 saturated heterocycles. The van der Waals surface area contributed by atoms with Crippen LogP contribution in [0.15, 0.2) is 54.7 Å². The molecule has 0 amide bonds. The van der Waals surface area contributed by atoms with E-state index in [1.54, 1.807) is 42.6 Å². The molecule has 1 atom stereocenters. The predicted octanol–water partition coefficient (Wildman–Crippen LogP) is 5.38. The number of para-hydroxylation sites is 1. The first kappa shape index (κ1) is 19.4. The molecule has 1 aliphatic rings. The topological polar surface area (TPSA) is 49.2 Å². The third-order valence-electron chi connectivity index (χ3n) is 5.55. The predicted molar refractivity (Wildman–Crippen MR) is 109 cm³/mol. The number of aromatic nitrogens is 3. The normalized spacial score (nSPS) is 15.5. The molecule has 2 aromatic heterocycles. The Kier molecular flexibility index (Phi) is 4.77. The number of ether oxygens (including phenoxy) is 2. The van der Waals surface area contributed by atoms with Gasteiger partial charge in [-0.2, -0.15) is 8.78 Å². The number of halogens is 3. The second kappa shape index (κ2) is 7.61. The largest absolute Gasteiger partial charge is 0.481 e. The number of hydrogen-bond acceptors (Lipinski definition) is 4. The molecule has 1 unspecified atom stereocenters. The average Bonchev–Trinajstić information content (AvgIpc) is 3.32. The van der Waals surface area contributed by atoms with E-state index in [0.717, 1.165) is 11.3 Å². The van der Waals surface area contributed by atoms with E-state index in [1.807, 2.05) is 4.57 Å². The summed E-state index contributed by atoms with van der Waals surface area (Å²) in [5.41, 5.74) is 2.89. The standard InChI is InChI=1S/C23H18F3N3O2/c1-30-22-9-6-13(12-27-22)15-10-19-17(11-16(15)24)28-21-8-7-18(29(19)21)14-4-2-3-5-20(14)31-23(25)26/h2-6,9-12,18,23H,7-8H2,1H3. The van der Waals surface area contributed by atoms with E-state index in [0.29, 0.717) is 40.9 Å². The van der Waals surface area contributed by atoms with Crippen molar-refractivity contribution in [2.75, 3.05) is 7.11 Å². The second-order valence-corrected chi connectivity index (χ2v) is 7.28. The van der Waals surface area contributed by atoms with E-state index in [4.69, 9.17) is 9.47 Å². The number of rotatable bonds is 5. The average molecular weight is 425 g/mol. The van der Waals surface area contributed by atoms with Crippen LogP contribution in [0.4, 0.5) is 13.2 Å². The molecule has 31 heavy (non-hydrogen) atoms. The molecular weight excluding hydrogens is 407 g/mol. The number of methoxy groups -OCH3 is 1. The van der Waals surface area contributed by atoms with Gasteiger partial charge in [-0.15, -0.1) is 0 Å². The number of nitrogens with zero attached hydrogens (tertiary/aromatic N) is 3. The number of pyridine rings is 1. The lowest BCUT2D eigenvalue weighted by Crippen LogP contribution is -2.10. The highest BCUT2D eigenvalue weighted by Crippen LogP contribution is 2.40. The van der Waals surface area contributed by atoms with Crippen LogP contribution in [-0.2, 0) is 6.42 Å². The molecule has 0 bridgehead atoms. The molecule has 0 N–H and O–H groups in total. The summed E-state index contributed by atoms with van der Waals surface area (Å²) in [5, 5.41) is 0. The van der Waals surface area contributed by atoms with Gasteiger partial charge in [-0.05, 0) is 24.6 Å². The van der Waals surface area contributed by atoms with Gasteiger partial charge in [-0.3, -0.25) is 0 Å². The zero-order chi connectivity index (χ0) is 21.5. The van der Waals surface area contributed by atoms with Gasteiger partial charge in [0, 0.05) is 41.4 Å². The lowest BCUT2D eigenvalue weighted by molar-refractivity contribution is -0.0506. The van der Waals surface area contributed by atoms with Crippen molar-refractivity contribution in [3.8, 4) is 22.8 Å². The maximum atomic E-state index is 14.9. The van der Waals surface area contributed by atoms with Crippen molar-refractivity contribution in [1.29, 1.82) is 0 Å². The Morgan fingerprint density at radius 1 is 1.13 bits per heavy atom. The second-order valence-electron chi connectivity index (χ2n) is 7.28. The van der Waals surface area contributed by atoms with Gasteiger partial charge < -0.3 is 14.0 Å². The lowest BCUT2D eigenvalue weighted by Gasteiger charge is -2.19. The fraction of sp³-hybridized carbons (Fsp3) is 0.217. The Morgan fingerprint density at radius 3 is 2.71 bits per heavy atom. The highest BCUT2D eigenvalue weighted by Gasteiger charge is 2.30. The van der Waals surface area contributed by atoms with Gasteiger partial charge in [0.05, 0.1) is 24.2 Å². The van der Waals surface area contributed by atoms with Gasteiger partial charge in [0.2, 0.25) is 5.88 Å². The summed E-state index contributed by atoms with van der Waals surface area (Å²) in [6.45, 7) is -2.91. The smallest absolute Gasteiger partial charge is 0.387 e. The van der Waals surface area contributed by atoms with Crippen LogP contribution in [0.3, 0.4) is 0 Å². The first-order chi connectivity index (χ1) is 15.0. The zero-order valence-corrected chi connectivity index (χ0v) is 16.6. The Hall–Kier alpha value is -3.55. The fourth-order valence-electron chi connectivity index (χ4n) is 4.22. The van der Waals surface area contributed by atoms with Gasteiger partial charge in [-0.25, -0.2) is 14.4 Å². The molecule has 0 spiro atoms. The van der Waals surface area contributed by atoms with Crippen LogP contribution >= 0.6 is 0 Å². The van der Waals surface area contributed by atoms with Crippen LogP contribution in [0.2, 0.25) is 0 Å². The minimum atomic E-state index is -2.91. The van der Waals surface area contributed by atoms with Gasteiger partial charge in [-0.1, -0.05) is 18.2 Å².